The second kappa shape index (κ2) is 14.5. The largest absolute Gasteiger partial charge is 0.264 e. The molecule has 4 nitrogen and oxygen atoms in total. The molecule has 0 bridgehead atoms. The molecule has 2 heterocycles. The molecule has 0 atom stereocenters. The van der Waals surface area contributed by atoms with Gasteiger partial charge in [0.25, 0.3) is 0 Å². The SMILES string of the molecule is c1ccc(-c2nc(-c3ccc(-c4cccnc4)cc3)nc(-c3cccc(-c4ccccc4-c4cc5ccc6cccc7c8cccc9ccc%10cccc(c(c4)c5c67)c%10c98)c3)n2)cc1. The molecule has 296 valence electrons. The predicted octanol–water partition coefficient (Wildman–Crippen LogP) is 15.6. The first-order valence-corrected chi connectivity index (χ1v) is 21.7. The molecule has 2 aromatic heterocycles. The van der Waals surface area contributed by atoms with Gasteiger partial charge in [-0.25, -0.2) is 15.0 Å². The van der Waals surface area contributed by atoms with Crippen molar-refractivity contribution in [1.29, 1.82) is 0 Å². The van der Waals surface area contributed by atoms with Crippen molar-refractivity contribution in [2.75, 3.05) is 0 Å². The van der Waals surface area contributed by atoms with Crippen molar-refractivity contribution in [3.63, 3.8) is 0 Å². The molecule has 0 saturated heterocycles. The third kappa shape index (κ3) is 5.84. The van der Waals surface area contributed by atoms with Crippen LogP contribution in [0, 0.1) is 0 Å². The summed E-state index contributed by atoms with van der Waals surface area (Å²) in [6.45, 7) is 0. The molecule has 0 N–H and O–H groups in total. The van der Waals surface area contributed by atoms with E-state index in [2.05, 4.69) is 175 Å². The highest BCUT2D eigenvalue weighted by molar-refractivity contribution is 6.37. The van der Waals surface area contributed by atoms with Crippen molar-refractivity contribution in [1.82, 2.24) is 19.9 Å². The van der Waals surface area contributed by atoms with Gasteiger partial charge in [-0.15, -0.1) is 0 Å². The Morgan fingerprint density at radius 1 is 0.250 bits per heavy atom. The summed E-state index contributed by atoms with van der Waals surface area (Å²) >= 11 is 0. The standard InChI is InChI=1S/C60H36N4/c1-2-11-41(12-3-1)58-62-59(42-29-24-37(25-30-42)46-18-10-32-61-36-46)64-60(63-58)45-17-6-16-43(33-45)48-19-4-5-20-49(48)47-34-44-31-28-40-14-8-22-51-50-21-7-13-38-26-27-39-15-9-23-52(56(39)54(38)50)53(35-47)57(44)55(40)51/h1-36H. The van der Waals surface area contributed by atoms with E-state index in [0.29, 0.717) is 17.5 Å². The van der Waals surface area contributed by atoms with Crippen LogP contribution in [0.3, 0.4) is 0 Å². The minimum Gasteiger partial charge on any atom is -0.264 e. The van der Waals surface area contributed by atoms with Crippen LogP contribution < -0.4 is 0 Å². The minimum absolute atomic E-state index is 0.618. The topological polar surface area (TPSA) is 51.6 Å². The Hall–Kier alpha value is -8.60. The first-order valence-electron chi connectivity index (χ1n) is 21.7. The van der Waals surface area contributed by atoms with Crippen LogP contribution in [0.25, 0.3) is 132 Å². The van der Waals surface area contributed by atoms with E-state index in [1.54, 1.807) is 6.20 Å². The maximum atomic E-state index is 5.14. The number of nitrogens with zero attached hydrogens (tertiary/aromatic N) is 4. The molecule has 0 radical (unpaired) electrons. The van der Waals surface area contributed by atoms with Crippen LogP contribution in [0.2, 0.25) is 0 Å². The van der Waals surface area contributed by atoms with Crippen molar-refractivity contribution in [3.05, 3.63) is 219 Å². The number of fused-ring (bicyclic) bond motifs is 2. The van der Waals surface area contributed by atoms with Gasteiger partial charge in [-0.1, -0.05) is 182 Å². The summed E-state index contributed by atoms with van der Waals surface area (Å²) in [5, 5.41) is 15.3. The number of hydrogen-bond acceptors (Lipinski definition) is 4. The quantitative estimate of drug-likeness (QED) is 0.157. The van der Waals surface area contributed by atoms with Crippen molar-refractivity contribution < 1.29 is 0 Å². The van der Waals surface area contributed by atoms with E-state index in [0.717, 1.165) is 44.5 Å². The summed E-state index contributed by atoms with van der Waals surface area (Å²) in [6.07, 6.45) is 3.67. The van der Waals surface area contributed by atoms with Gasteiger partial charge in [0, 0.05) is 29.1 Å². The van der Waals surface area contributed by atoms with Gasteiger partial charge in [0.15, 0.2) is 17.5 Å². The van der Waals surface area contributed by atoms with E-state index < -0.39 is 0 Å². The Labute approximate surface area is 369 Å². The average molecular weight is 813 g/mol. The smallest absolute Gasteiger partial charge is 0.164 e. The third-order valence-electron chi connectivity index (χ3n) is 12.9. The lowest BCUT2D eigenvalue weighted by atomic mass is 9.85. The average Bonchev–Trinajstić information content (AvgIpc) is 3.37. The zero-order valence-electron chi connectivity index (χ0n) is 34.6. The predicted molar refractivity (Wildman–Crippen MR) is 266 cm³/mol. The van der Waals surface area contributed by atoms with Gasteiger partial charge in [0.05, 0.1) is 0 Å². The van der Waals surface area contributed by atoms with Crippen LogP contribution in [-0.4, -0.2) is 19.9 Å². The highest BCUT2D eigenvalue weighted by Crippen LogP contribution is 2.45. The number of pyridine rings is 1. The molecule has 0 saturated carbocycles. The maximum absolute atomic E-state index is 5.14. The molecule has 11 aromatic carbocycles. The van der Waals surface area contributed by atoms with E-state index >= 15 is 0 Å². The summed E-state index contributed by atoms with van der Waals surface area (Å²) in [5.41, 5.74) is 9.46. The molecular formula is C60H36N4. The van der Waals surface area contributed by atoms with Crippen molar-refractivity contribution in [3.8, 4) is 67.5 Å². The molecule has 0 aliphatic heterocycles. The van der Waals surface area contributed by atoms with E-state index in [1.165, 1.54) is 70.2 Å². The molecule has 4 heteroatoms. The van der Waals surface area contributed by atoms with Crippen LogP contribution in [0.15, 0.2) is 219 Å². The fraction of sp³-hybridized carbons (Fsp3) is 0. The van der Waals surface area contributed by atoms with Crippen LogP contribution in [-0.2, 0) is 0 Å². The molecule has 0 aliphatic rings. The van der Waals surface area contributed by atoms with Crippen LogP contribution in [0.5, 0.6) is 0 Å². The molecular weight excluding hydrogens is 777 g/mol. The normalized spacial score (nSPS) is 11.8. The summed E-state index contributed by atoms with van der Waals surface area (Å²) < 4.78 is 0. The number of aromatic nitrogens is 4. The molecule has 13 aromatic rings. The van der Waals surface area contributed by atoms with E-state index in [9.17, 15) is 0 Å². The number of hydrogen-bond donors (Lipinski definition) is 0. The highest BCUT2D eigenvalue weighted by atomic mass is 15.0. The highest BCUT2D eigenvalue weighted by Gasteiger charge is 2.19. The summed E-state index contributed by atoms with van der Waals surface area (Å²) in [5.74, 6) is 1.86. The van der Waals surface area contributed by atoms with Gasteiger partial charge >= 0.3 is 0 Å². The van der Waals surface area contributed by atoms with Crippen molar-refractivity contribution in [2.24, 2.45) is 0 Å². The monoisotopic (exact) mass is 812 g/mol. The minimum atomic E-state index is 0.618. The van der Waals surface area contributed by atoms with Gasteiger partial charge < -0.3 is 0 Å². The molecule has 13 rings (SSSR count). The van der Waals surface area contributed by atoms with Gasteiger partial charge in [0.2, 0.25) is 0 Å². The summed E-state index contributed by atoms with van der Waals surface area (Å²) in [4.78, 5) is 19.6. The molecule has 0 unspecified atom stereocenters. The summed E-state index contributed by atoms with van der Waals surface area (Å²) in [6, 6.07) is 74.2. The maximum Gasteiger partial charge on any atom is 0.164 e. The Balaban J connectivity index is 0.995. The fourth-order valence-corrected chi connectivity index (χ4v) is 9.95. The van der Waals surface area contributed by atoms with Crippen LogP contribution in [0.4, 0.5) is 0 Å². The third-order valence-corrected chi connectivity index (χ3v) is 12.9. The number of rotatable bonds is 6. The lowest BCUT2D eigenvalue weighted by molar-refractivity contribution is 1.07. The summed E-state index contributed by atoms with van der Waals surface area (Å²) in [7, 11) is 0. The number of benzene rings is 10. The molecule has 0 amide bonds. The first-order chi connectivity index (χ1) is 31.7. The first kappa shape index (κ1) is 36.1. The van der Waals surface area contributed by atoms with Gasteiger partial charge in [-0.2, -0.15) is 0 Å². The van der Waals surface area contributed by atoms with E-state index in [1.807, 2.05) is 42.6 Å². The zero-order valence-corrected chi connectivity index (χ0v) is 34.6. The second-order valence-corrected chi connectivity index (χ2v) is 16.6. The van der Waals surface area contributed by atoms with Gasteiger partial charge in [-0.3, -0.25) is 4.98 Å². The van der Waals surface area contributed by atoms with E-state index in [4.69, 9.17) is 15.0 Å². The van der Waals surface area contributed by atoms with Crippen LogP contribution in [0.1, 0.15) is 0 Å². The lowest BCUT2D eigenvalue weighted by Gasteiger charge is -2.18. The van der Waals surface area contributed by atoms with Gasteiger partial charge in [0.1, 0.15) is 0 Å². The van der Waals surface area contributed by atoms with E-state index in [-0.39, 0.29) is 0 Å². The Morgan fingerprint density at radius 3 is 1.34 bits per heavy atom. The Kier molecular flexibility index (Phi) is 8.18. The van der Waals surface area contributed by atoms with Crippen LogP contribution >= 0.6 is 0 Å². The zero-order chi connectivity index (χ0) is 42.1. The Bertz CT molecular complexity index is 3930. The lowest BCUT2D eigenvalue weighted by Crippen LogP contribution is -2.00. The van der Waals surface area contributed by atoms with Crippen molar-refractivity contribution >= 4 is 64.6 Å². The van der Waals surface area contributed by atoms with Crippen molar-refractivity contribution in [2.45, 2.75) is 0 Å². The second-order valence-electron chi connectivity index (χ2n) is 16.6. The Morgan fingerprint density at radius 2 is 0.719 bits per heavy atom. The molecule has 64 heavy (non-hydrogen) atoms. The molecule has 0 spiro atoms. The molecule has 0 fully saturated rings. The van der Waals surface area contributed by atoms with Gasteiger partial charge in [-0.05, 0) is 122 Å². The molecule has 0 aliphatic carbocycles. The fourth-order valence-electron chi connectivity index (χ4n) is 9.95.